The molecule has 13 heteroatoms. The van der Waals surface area contributed by atoms with Crippen molar-refractivity contribution in [2.75, 3.05) is 29.5 Å². The molecule has 8 nitrogen and oxygen atoms in total. The van der Waals surface area contributed by atoms with Gasteiger partial charge in [0.25, 0.3) is 0 Å². The maximum atomic E-state index is 12.7. The number of rotatable bonds is 6. The summed E-state index contributed by atoms with van der Waals surface area (Å²) in [5.74, 6) is -1.88. The number of aliphatic hydroxyl groups is 1. The first kappa shape index (κ1) is 24.5. The lowest BCUT2D eigenvalue weighted by atomic mass is 10.1. The number of benzene rings is 2. The summed E-state index contributed by atoms with van der Waals surface area (Å²) in [7, 11) is -3.13. The van der Waals surface area contributed by atoms with Crippen molar-refractivity contribution in [2.45, 2.75) is 19.1 Å². The van der Waals surface area contributed by atoms with Crippen LogP contribution in [0, 0.1) is 0 Å². The molecule has 1 aliphatic heterocycles. The van der Waals surface area contributed by atoms with E-state index < -0.39 is 28.3 Å². The fourth-order valence-corrected chi connectivity index (χ4v) is 5.00. The molecule has 3 aromatic rings. The lowest BCUT2D eigenvalue weighted by Gasteiger charge is -2.39. The van der Waals surface area contributed by atoms with Crippen LogP contribution in [0.3, 0.4) is 0 Å². The molecule has 1 aliphatic rings. The summed E-state index contributed by atoms with van der Waals surface area (Å²) >= 11 is 6.42. The molecule has 2 aromatic carbocycles. The molecule has 0 aliphatic carbocycles. The topological polar surface area (TPSA) is 99.8 Å². The zero-order valence-corrected chi connectivity index (χ0v) is 19.2. The highest BCUT2D eigenvalue weighted by atomic mass is 35.5. The molecule has 1 N–H and O–H groups in total. The van der Waals surface area contributed by atoms with Crippen molar-refractivity contribution in [1.29, 1.82) is 0 Å². The summed E-state index contributed by atoms with van der Waals surface area (Å²) in [5.41, 5.74) is 1.47. The third-order valence-electron chi connectivity index (χ3n) is 5.38. The van der Waals surface area contributed by atoms with Crippen molar-refractivity contribution in [1.82, 2.24) is 15.1 Å². The number of aromatic nitrogens is 2. The molecule has 1 unspecified atom stereocenters. The van der Waals surface area contributed by atoms with Crippen LogP contribution in [0.5, 0.6) is 0 Å². The van der Waals surface area contributed by atoms with Crippen LogP contribution in [-0.4, -0.2) is 59.6 Å². The summed E-state index contributed by atoms with van der Waals surface area (Å²) in [6.45, 7) is 0.502. The van der Waals surface area contributed by atoms with Gasteiger partial charge >= 0.3 is 12.1 Å². The minimum absolute atomic E-state index is 0.0494. The van der Waals surface area contributed by atoms with Gasteiger partial charge in [-0.25, -0.2) is 8.42 Å². The summed E-state index contributed by atoms with van der Waals surface area (Å²) in [4.78, 5) is 3.32. The van der Waals surface area contributed by atoms with Crippen LogP contribution in [0.2, 0.25) is 5.02 Å². The minimum Gasteiger partial charge on any atom is -0.413 e. The number of halogens is 4. The van der Waals surface area contributed by atoms with Gasteiger partial charge in [-0.2, -0.15) is 13.2 Å². The molecule has 182 valence electrons. The second-order valence-electron chi connectivity index (χ2n) is 7.71. The van der Waals surface area contributed by atoms with E-state index in [-0.39, 0.29) is 47.6 Å². The molecule has 1 saturated heterocycles. The Bertz CT molecular complexity index is 1240. The molecule has 1 fully saturated rings. The molecule has 0 spiro atoms. The third-order valence-corrected chi connectivity index (χ3v) is 7.34. The van der Waals surface area contributed by atoms with Gasteiger partial charge in [-0.05, 0) is 29.8 Å². The summed E-state index contributed by atoms with van der Waals surface area (Å²) in [6, 6.07) is 13.5. The van der Waals surface area contributed by atoms with Crippen molar-refractivity contribution in [3.05, 3.63) is 65.0 Å². The Labute approximate surface area is 198 Å². The second kappa shape index (κ2) is 9.53. The Kier molecular flexibility index (Phi) is 6.85. The highest BCUT2D eigenvalue weighted by Gasteiger charge is 2.38. The first-order valence-electron chi connectivity index (χ1n) is 10.2. The number of sulfone groups is 1. The number of hydrogen-bond acceptors (Lipinski definition) is 8. The minimum atomic E-state index is -4.75. The molecule has 4 rings (SSSR count). The zero-order valence-electron chi connectivity index (χ0n) is 17.6. The van der Waals surface area contributed by atoms with Crippen LogP contribution in [-0.2, 0) is 22.6 Å². The maximum absolute atomic E-state index is 12.7. The van der Waals surface area contributed by atoms with Crippen LogP contribution in [0.4, 0.5) is 18.9 Å². The molecule has 34 heavy (non-hydrogen) atoms. The van der Waals surface area contributed by atoms with E-state index in [9.17, 15) is 26.7 Å². The average molecular weight is 517 g/mol. The highest BCUT2D eigenvalue weighted by Crippen LogP contribution is 2.32. The highest BCUT2D eigenvalue weighted by molar-refractivity contribution is 7.91. The van der Waals surface area contributed by atoms with Gasteiger partial charge in [0, 0.05) is 35.9 Å². The van der Waals surface area contributed by atoms with E-state index in [1.54, 1.807) is 40.1 Å². The molecular formula is C21H20ClF3N4O4S. The molecule has 0 saturated carbocycles. The van der Waals surface area contributed by atoms with E-state index in [2.05, 4.69) is 10.2 Å². The smallest absolute Gasteiger partial charge is 0.413 e. The van der Waals surface area contributed by atoms with Crippen LogP contribution in [0.15, 0.2) is 52.9 Å². The molecule has 0 bridgehead atoms. The Balaban J connectivity index is 1.58. The predicted octanol–water partition coefficient (Wildman–Crippen LogP) is 3.42. The lowest BCUT2D eigenvalue weighted by Crippen LogP contribution is -2.53. The van der Waals surface area contributed by atoms with Crippen molar-refractivity contribution in [3.8, 4) is 11.5 Å². The normalized spacial score (nSPS) is 17.4. The van der Waals surface area contributed by atoms with Crippen LogP contribution >= 0.6 is 11.6 Å². The number of hydrogen-bond donors (Lipinski definition) is 1. The van der Waals surface area contributed by atoms with Crippen LogP contribution in [0.1, 0.15) is 11.5 Å². The molecule has 0 amide bonds. The molecule has 1 atom stereocenters. The average Bonchev–Trinajstić information content (AvgIpc) is 3.29. The Hall–Kier alpha value is -2.67. The van der Waals surface area contributed by atoms with E-state index in [4.69, 9.17) is 16.0 Å². The number of nitrogens with zero attached hydrogens (tertiary/aromatic N) is 4. The van der Waals surface area contributed by atoms with Crippen LogP contribution in [0.25, 0.3) is 11.5 Å². The predicted molar refractivity (Wildman–Crippen MR) is 119 cm³/mol. The van der Waals surface area contributed by atoms with E-state index >= 15 is 0 Å². The van der Waals surface area contributed by atoms with E-state index in [1.165, 1.54) is 12.1 Å². The van der Waals surface area contributed by atoms with Crippen molar-refractivity contribution < 1.29 is 31.1 Å². The van der Waals surface area contributed by atoms with Crippen molar-refractivity contribution in [3.63, 3.8) is 0 Å². The van der Waals surface area contributed by atoms with Gasteiger partial charge in [-0.3, -0.25) is 4.90 Å². The molecular weight excluding hydrogens is 497 g/mol. The molecule has 0 radical (unpaired) electrons. The fourth-order valence-electron chi connectivity index (χ4n) is 3.53. The van der Waals surface area contributed by atoms with Gasteiger partial charge in [-0.15, -0.1) is 10.2 Å². The Morgan fingerprint density at radius 2 is 1.79 bits per heavy atom. The van der Waals surface area contributed by atoms with E-state index in [1.807, 2.05) is 6.07 Å². The number of alkyl halides is 3. The lowest BCUT2D eigenvalue weighted by molar-refractivity contribution is -0.156. The first-order valence-corrected chi connectivity index (χ1v) is 12.4. The van der Waals surface area contributed by atoms with Crippen LogP contribution < -0.4 is 4.90 Å². The second-order valence-corrected chi connectivity index (χ2v) is 10.4. The Morgan fingerprint density at radius 3 is 2.38 bits per heavy atom. The van der Waals surface area contributed by atoms with Crippen molar-refractivity contribution >= 4 is 27.1 Å². The Morgan fingerprint density at radius 1 is 1.12 bits per heavy atom. The van der Waals surface area contributed by atoms with E-state index in [0.717, 1.165) is 0 Å². The largest absolute Gasteiger partial charge is 0.470 e. The standard InChI is InChI=1S/C21H20ClF3N4O4S/c22-17-12-14(18-26-27-19(33-18)21(23,24)25)6-7-15(17)13-29(16-4-2-1-3-5-16)20(30)28-8-10-34(31,32)11-9-28/h1-7,12,20,30H,8-11,13H2. The monoisotopic (exact) mass is 516 g/mol. The summed E-state index contributed by atoms with van der Waals surface area (Å²) in [5, 5.41) is 17.8. The molecule has 1 aromatic heterocycles. The van der Waals surface area contributed by atoms with Gasteiger partial charge in [0.15, 0.2) is 16.2 Å². The van der Waals surface area contributed by atoms with Crippen molar-refractivity contribution in [2.24, 2.45) is 0 Å². The number of aliphatic hydroxyl groups excluding tert-OH is 1. The number of anilines is 1. The van der Waals surface area contributed by atoms with Gasteiger partial charge in [0.2, 0.25) is 5.89 Å². The quantitative estimate of drug-likeness (QED) is 0.498. The third kappa shape index (κ3) is 5.52. The summed E-state index contributed by atoms with van der Waals surface area (Å²) in [6.07, 6.45) is -5.88. The fraction of sp³-hybridized carbons (Fsp3) is 0.333. The van der Waals surface area contributed by atoms with Gasteiger partial charge < -0.3 is 14.4 Å². The first-order chi connectivity index (χ1) is 16.0. The zero-order chi connectivity index (χ0) is 24.5. The number of para-hydroxylation sites is 1. The van der Waals surface area contributed by atoms with E-state index in [0.29, 0.717) is 11.3 Å². The molecule has 2 heterocycles. The summed E-state index contributed by atoms with van der Waals surface area (Å²) < 4.78 is 66.5. The maximum Gasteiger partial charge on any atom is 0.470 e. The SMILES string of the molecule is O=S1(=O)CCN(C(O)N(Cc2ccc(-c3nnc(C(F)(F)F)o3)cc2Cl)c2ccccc2)CC1. The van der Waals surface area contributed by atoms with Gasteiger partial charge in [0.1, 0.15) is 0 Å². The van der Waals surface area contributed by atoms with Gasteiger partial charge in [-0.1, -0.05) is 35.9 Å². The van der Waals surface area contributed by atoms with Gasteiger partial charge in [0.05, 0.1) is 11.5 Å².